The van der Waals surface area contributed by atoms with E-state index in [4.69, 9.17) is 9.47 Å². The van der Waals surface area contributed by atoms with E-state index in [2.05, 4.69) is 5.32 Å². The molecular weight excluding hydrogens is 380 g/mol. The Morgan fingerprint density at radius 2 is 1.75 bits per heavy atom. The number of anilines is 2. The molecule has 1 aliphatic heterocycles. The molecule has 0 aromatic heterocycles. The molecule has 8 heteroatoms. The molecule has 0 bridgehead atoms. The molecule has 2 aliphatic rings. The Hall–Kier alpha value is -2.74. The largest absolute Gasteiger partial charge is 0.497 e. The molecular formula is C20H22N2O5S. The maximum Gasteiger partial charge on any atom is 0.250 e. The standard InChI is InChI=1S/C20H22N2O5S/c1-13-10-17(27-3)8-9-18(13)21-19(23)20-11-14(20)12-22(28(20,24)25)15-4-6-16(26-2)7-5-15/h4-10,14H,11-12H2,1-3H3,(H,21,23)/t14-,20-/m1/s1. The fourth-order valence-corrected chi connectivity index (χ4v) is 6.21. The van der Waals surface area contributed by atoms with E-state index in [1.54, 1.807) is 56.7 Å². The summed E-state index contributed by atoms with van der Waals surface area (Å²) in [4.78, 5) is 13.0. The Labute approximate surface area is 164 Å². The Kier molecular flexibility index (Phi) is 4.26. The van der Waals surface area contributed by atoms with Gasteiger partial charge in [0.15, 0.2) is 4.75 Å². The summed E-state index contributed by atoms with van der Waals surface area (Å²) in [5.74, 6) is 0.644. The molecule has 2 atom stereocenters. The highest BCUT2D eigenvalue weighted by Gasteiger charge is 2.75. The zero-order valence-corrected chi connectivity index (χ0v) is 16.7. The number of rotatable bonds is 5. The lowest BCUT2D eigenvalue weighted by atomic mass is 10.1. The van der Waals surface area contributed by atoms with E-state index in [0.29, 0.717) is 35.8 Å². The molecule has 0 spiro atoms. The Bertz CT molecular complexity index is 1040. The maximum atomic E-state index is 13.2. The summed E-state index contributed by atoms with van der Waals surface area (Å²) in [6.45, 7) is 2.15. The SMILES string of the molecule is COc1ccc(N2C[C@H]3C[C@@]3(C(=O)Nc3ccc(OC)cc3C)S2(=O)=O)cc1. The van der Waals surface area contributed by atoms with Gasteiger partial charge in [0.25, 0.3) is 0 Å². The van der Waals surface area contributed by atoms with Crippen LogP contribution < -0.4 is 19.1 Å². The first-order valence-electron chi connectivity index (χ1n) is 8.96. The summed E-state index contributed by atoms with van der Waals surface area (Å²) < 4.78 is 36.7. The number of benzene rings is 2. The molecule has 7 nitrogen and oxygen atoms in total. The number of fused-ring (bicyclic) bond motifs is 1. The van der Waals surface area contributed by atoms with Crippen molar-refractivity contribution in [1.29, 1.82) is 0 Å². The molecule has 148 valence electrons. The van der Waals surface area contributed by atoms with Crippen LogP contribution in [0.3, 0.4) is 0 Å². The van der Waals surface area contributed by atoms with Crippen LogP contribution in [-0.4, -0.2) is 39.8 Å². The van der Waals surface area contributed by atoms with Crippen molar-refractivity contribution in [3.8, 4) is 11.5 Å². The van der Waals surface area contributed by atoms with E-state index < -0.39 is 20.7 Å². The van der Waals surface area contributed by atoms with E-state index in [0.717, 1.165) is 5.56 Å². The minimum Gasteiger partial charge on any atom is -0.497 e. The van der Waals surface area contributed by atoms with Gasteiger partial charge in [-0.1, -0.05) is 0 Å². The fraction of sp³-hybridized carbons (Fsp3) is 0.350. The predicted octanol–water partition coefficient (Wildman–Crippen LogP) is 2.56. The van der Waals surface area contributed by atoms with Crippen LogP contribution in [0.1, 0.15) is 12.0 Å². The highest BCUT2D eigenvalue weighted by molar-refractivity contribution is 7.95. The Morgan fingerprint density at radius 1 is 1.11 bits per heavy atom. The smallest absolute Gasteiger partial charge is 0.250 e. The van der Waals surface area contributed by atoms with Crippen LogP contribution in [0.25, 0.3) is 0 Å². The van der Waals surface area contributed by atoms with Crippen molar-refractivity contribution in [2.75, 3.05) is 30.4 Å². The number of nitrogens with zero attached hydrogens (tertiary/aromatic N) is 1. The summed E-state index contributed by atoms with van der Waals surface area (Å²) in [6, 6.07) is 12.1. The van der Waals surface area contributed by atoms with E-state index >= 15 is 0 Å². The molecule has 1 saturated carbocycles. The first kappa shape index (κ1) is 18.6. The van der Waals surface area contributed by atoms with Gasteiger partial charge in [0.2, 0.25) is 15.9 Å². The van der Waals surface area contributed by atoms with Crippen LogP contribution in [-0.2, 0) is 14.8 Å². The normalized spacial score (nSPS) is 24.4. The van der Waals surface area contributed by atoms with Crippen LogP contribution >= 0.6 is 0 Å². The summed E-state index contributed by atoms with van der Waals surface area (Å²) in [6.07, 6.45) is 0.350. The molecule has 0 unspecified atom stereocenters. The molecule has 1 amide bonds. The third-order valence-corrected chi connectivity index (χ3v) is 8.16. The maximum absolute atomic E-state index is 13.2. The van der Waals surface area contributed by atoms with Crippen molar-refractivity contribution in [2.45, 2.75) is 18.1 Å². The van der Waals surface area contributed by atoms with Gasteiger partial charge in [-0.3, -0.25) is 9.10 Å². The topological polar surface area (TPSA) is 84.9 Å². The van der Waals surface area contributed by atoms with Crippen LogP contribution in [0, 0.1) is 12.8 Å². The number of methoxy groups -OCH3 is 2. The number of hydrogen-bond acceptors (Lipinski definition) is 5. The number of carbonyl (C=O) groups excluding carboxylic acids is 1. The van der Waals surface area contributed by atoms with Crippen molar-refractivity contribution >= 4 is 27.3 Å². The number of nitrogens with one attached hydrogen (secondary N) is 1. The molecule has 1 heterocycles. The first-order valence-corrected chi connectivity index (χ1v) is 10.4. The van der Waals surface area contributed by atoms with Crippen LogP contribution in [0.2, 0.25) is 0 Å². The summed E-state index contributed by atoms with van der Waals surface area (Å²) in [7, 11) is -0.693. The second-order valence-corrected chi connectivity index (χ2v) is 9.28. The average Bonchev–Trinajstić information content (AvgIpc) is 3.38. The first-order chi connectivity index (χ1) is 13.3. The third kappa shape index (κ3) is 2.63. The van der Waals surface area contributed by atoms with E-state index in [9.17, 15) is 13.2 Å². The number of sulfonamides is 1. The number of hydrogen-bond donors (Lipinski definition) is 1. The van der Waals surface area contributed by atoms with Crippen molar-refractivity contribution < 1.29 is 22.7 Å². The predicted molar refractivity (Wildman–Crippen MR) is 106 cm³/mol. The zero-order valence-electron chi connectivity index (χ0n) is 15.9. The number of aryl methyl sites for hydroxylation is 1. The lowest BCUT2D eigenvalue weighted by molar-refractivity contribution is -0.116. The zero-order chi connectivity index (χ0) is 20.1. The quantitative estimate of drug-likeness (QED) is 0.831. The van der Waals surface area contributed by atoms with Gasteiger partial charge in [-0.05, 0) is 61.4 Å². The van der Waals surface area contributed by atoms with Crippen molar-refractivity contribution in [1.82, 2.24) is 0 Å². The van der Waals surface area contributed by atoms with Gasteiger partial charge in [-0.25, -0.2) is 8.42 Å². The van der Waals surface area contributed by atoms with E-state index in [1.165, 1.54) is 4.31 Å². The molecule has 0 radical (unpaired) electrons. The lowest BCUT2D eigenvalue weighted by Gasteiger charge is -2.23. The molecule has 28 heavy (non-hydrogen) atoms. The summed E-state index contributed by atoms with van der Waals surface area (Å²) in [5, 5.41) is 2.81. The third-order valence-electron chi connectivity index (χ3n) is 5.61. The molecule has 2 aromatic carbocycles. The van der Waals surface area contributed by atoms with Crippen molar-refractivity contribution in [2.24, 2.45) is 5.92 Å². The second kappa shape index (κ2) is 6.41. The van der Waals surface area contributed by atoms with Crippen molar-refractivity contribution in [3.63, 3.8) is 0 Å². The Morgan fingerprint density at radius 3 is 2.36 bits per heavy atom. The monoisotopic (exact) mass is 402 g/mol. The number of ether oxygens (including phenoxy) is 2. The van der Waals surface area contributed by atoms with Gasteiger partial charge in [0.05, 0.1) is 19.9 Å². The van der Waals surface area contributed by atoms with Crippen LogP contribution in [0.4, 0.5) is 11.4 Å². The van der Waals surface area contributed by atoms with Crippen LogP contribution in [0.15, 0.2) is 42.5 Å². The van der Waals surface area contributed by atoms with E-state index in [-0.39, 0.29) is 5.92 Å². The average molecular weight is 402 g/mol. The van der Waals surface area contributed by atoms with Gasteiger partial charge >= 0.3 is 0 Å². The Balaban J connectivity index is 1.59. The van der Waals surface area contributed by atoms with Gasteiger partial charge in [-0.2, -0.15) is 0 Å². The minimum atomic E-state index is -3.82. The molecule has 4 rings (SSSR count). The minimum absolute atomic E-state index is 0.210. The molecule has 1 aliphatic carbocycles. The molecule has 2 fully saturated rings. The summed E-state index contributed by atoms with van der Waals surface area (Å²) in [5.41, 5.74) is 1.94. The van der Waals surface area contributed by atoms with E-state index in [1.807, 2.05) is 6.92 Å². The fourth-order valence-electron chi connectivity index (χ4n) is 3.85. The van der Waals surface area contributed by atoms with Crippen molar-refractivity contribution in [3.05, 3.63) is 48.0 Å². The number of carbonyl (C=O) groups is 1. The molecule has 1 N–H and O–H groups in total. The van der Waals surface area contributed by atoms with Gasteiger partial charge < -0.3 is 14.8 Å². The highest BCUT2D eigenvalue weighted by Crippen LogP contribution is 2.58. The number of amides is 1. The molecule has 2 aromatic rings. The van der Waals surface area contributed by atoms with Crippen LogP contribution in [0.5, 0.6) is 11.5 Å². The molecule has 1 saturated heterocycles. The lowest BCUT2D eigenvalue weighted by Crippen LogP contribution is -2.42. The summed E-state index contributed by atoms with van der Waals surface area (Å²) >= 11 is 0. The van der Waals surface area contributed by atoms with Gasteiger partial charge in [0, 0.05) is 18.2 Å². The van der Waals surface area contributed by atoms with Gasteiger partial charge in [-0.15, -0.1) is 0 Å². The second-order valence-electron chi connectivity index (χ2n) is 7.16. The van der Waals surface area contributed by atoms with Gasteiger partial charge in [0.1, 0.15) is 11.5 Å². The highest BCUT2D eigenvalue weighted by atomic mass is 32.2.